The Morgan fingerprint density at radius 3 is 2.40 bits per heavy atom. The molecule has 2 heterocycles. The zero-order valence-electron chi connectivity index (χ0n) is 21.2. The summed E-state index contributed by atoms with van der Waals surface area (Å²) in [6, 6.07) is 16.9. The molecule has 208 valence electrons. The van der Waals surface area contributed by atoms with Crippen molar-refractivity contribution in [2.45, 2.75) is 29.7 Å². The quantitative estimate of drug-likeness (QED) is 0.319. The lowest BCUT2D eigenvalue weighted by molar-refractivity contribution is -0.143. The molecule has 0 radical (unpaired) electrons. The Morgan fingerprint density at radius 2 is 1.70 bits per heavy atom. The first-order valence-electron chi connectivity index (χ1n) is 12.1. The van der Waals surface area contributed by atoms with E-state index in [1.165, 1.54) is 51.3 Å². The zero-order chi connectivity index (χ0) is 28.7. The summed E-state index contributed by atoms with van der Waals surface area (Å²) in [5, 5.41) is 5.25. The Hall–Kier alpha value is -3.85. The molecule has 4 aromatic rings. The molecule has 1 aromatic heterocycles. The van der Waals surface area contributed by atoms with E-state index in [4.69, 9.17) is 9.88 Å². The number of carbonyl (C=O) groups excluding carboxylic acids is 2. The predicted octanol–water partition coefficient (Wildman–Crippen LogP) is 2.41. The van der Waals surface area contributed by atoms with Crippen LogP contribution in [-0.2, 0) is 42.5 Å². The maximum atomic E-state index is 13.3. The van der Waals surface area contributed by atoms with Gasteiger partial charge in [-0.2, -0.15) is 4.99 Å². The number of nitrogens with zero attached hydrogens (tertiary/aromatic N) is 3. The molecule has 11 nitrogen and oxygen atoms in total. The monoisotopic (exact) mass is 600 g/mol. The Balaban J connectivity index is 1.49. The molecular formula is C26H24N4O7S3. The number of esters is 1. The van der Waals surface area contributed by atoms with Crippen LogP contribution in [0.15, 0.2) is 81.5 Å². The summed E-state index contributed by atoms with van der Waals surface area (Å²) in [5.74, 6) is -1.24. The van der Waals surface area contributed by atoms with Crippen molar-refractivity contribution in [1.82, 2.24) is 4.57 Å². The summed E-state index contributed by atoms with van der Waals surface area (Å²) in [4.78, 5) is 29.6. The number of para-hydroxylation sites is 1. The van der Waals surface area contributed by atoms with Gasteiger partial charge in [-0.05, 0) is 67.4 Å². The van der Waals surface area contributed by atoms with Gasteiger partial charge in [-0.1, -0.05) is 29.5 Å². The molecule has 0 fully saturated rings. The number of thiazole rings is 1. The molecule has 3 aromatic carbocycles. The van der Waals surface area contributed by atoms with Crippen LogP contribution < -0.4 is 14.2 Å². The van der Waals surface area contributed by atoms with Gasteiger partial charge in [-0.15, -0.1) is 0 Å². The number of hydrogen-bond donors (Lipinski definition) is 1. The number of aromatic nitrogens is 1. The minimum Gasteiger partial charge on any atom is -0.465 e. The summed E-state index contributed by atoms with van der Waals surface area (Å²) in [6.07, 6.45) is 0.616. The number of amides is 1. The van der Waals surface area contributed by atoms with Crippen LogP contribution in [0.2, 0.25) is 0 Å². The van der Waals surface area contributed by atoms with Gasteiger partial charge in [0.2, 0.25) is 10.0 Å². The van der Waals surface area contributed by atoms with Crippen LogP contribution in [0.4, 0.5) is 5.69 Å². The highest BCUT2D eigenvalue weighted by atomic mass is 32.2. The van der Waals surface area contributed by atoms with E-state index in [-0.39, 0.29) is 33.3 Å². The number of fused-ring (bicyclic) bond motifs is 2. The van der Waals surface area contributed by atoms with Crippen molar-refractivity contribution in [2.24, 2.45) is 10.1 Å². The predicted molar refractivity (Wildman–Crippen MR) is 149 cm³/mol. The van der Waals surface area contributed by atoms with Crippen LogP contribution >= 0.6 is 11.3 Å². The van der Waals surface area contributed by atoms with Gasteiger partial charge in [0.25, 0.3) is 15.9 Å². The van der Waals surface area contributed by atoms with Gasteiger partial charge < -0.3 is 9.30 Å². The average Bonchev–Trinajstić information content (AvgIpc) is 3.50. The van der Waals surface area contributed by atoms with Crippen molar-refractivity contribution in [3.63, 3.8) is 0 Å². The molecule has 1 aliphatic heterocycles. The van der Waals surface area contributed by atoms with E-state index in [0.29, 0.717) is 28.9 Å². The fourth-order valence-electron chi connectivity index (χ4n) is 4.41. The maximum absolute atomic E-state index is 13.3. The minimum atomic E-state index is -3.98. The molecule has 0 atom stereocenters. The molecule has 0 saturated carbocycles. The smallest absolute Gasteiger partial charge is 0.326 e. The number of carbonyl (C=O) groups is 2. The first-order valence-corrected chi connectivity index (χ1v) is 15.9. The zero-order valence-corrected chi connectivity index (χ0v) is 23.6. The number of rotatable bonds is 7. The minimum absolute atomic E-state index is 0.0375. The normalized spacial score (nSPS) is 13.9. The number of anilines is 1. The second-order valence-corrected chi connectivity index (χ2v) is 13.3. The SMILES string of the molecule is CCOC(=O)Cn1c(=NC(=O)c2ccc(S(=O)(=O)N3CCc4ccccc43)cc2)sc2cc(S(N)(=O)=O)ccc21. The molecular weight excluding hydrogens is 577 g/mol. The molecule has 0 saturated heterocycles. The summed E-state index contributed by atoms with van der Waals surface area (Å²) < 4.78 is 58.5. The molecule has 0 aliphatic carbocycles. The molecule has 2 N–H and O–H groups in total. The number of primary sulfonamides is 1. The highest BCUT2D eigenvalue weighted by Crippen LogP contribution is 2.32. The molecule has 1 amide bonds. The molecule has 1 aliphatic rings. The van der Waals surface area contributed by atoms with E-state index >= 15 is 0 Å². The summed E-state index contributed by atoms with van der Waals surface area (Å²) in [6.45, 7) is 1.88. The molecule has 0 spiro atoms. The third kappa shape index (κ3) is 5.30. The van der Waals surface area contributed by atoms with Gasteiger partial charge in [-0.25, -0.2) is 22.0 Å². The Kier molecular flexibility index (Phi) is 7.35. The van der Waals surface area contributed by atoms with E-state index in [2.05, 4.69) is 4.99 Å². The number of benzene rings is 3. The summed E-state index contributed by atoms with van der Waals surface area (Å²) in [7, 11) is -7.81. The molecule has 5 rings (SSSR count). The fourth-order valence-corrected chi connectivity index (χ4v) is 7.59. The lowest BCUT2D eigenvalue weighted by Gasteiger charge is -2.19. The van der Waals surface area contributed by atoms with Crippen molar-refractivity contribution >= 4 is 59.2 Å². The fraction of sp³-hybridized carbons (Fsp3) is 0.192. The van der Waals surface area contributed by atoms with Crippen molar-refractivity contribution in [3.05, 3.63) is 82.7 Å². The van der Waals surface area contributed by atoms with Crippen LogP contribution in [0, 0.1) is 0 Å². The van der Waals surface area contributed by atoms with Crippen molar-refractivity contribution in [3.8, 4) is 0 Å². The van der Waals surface area contributed by atoms with E-state index in [9.17, 15) is 26.4 Å². The number of sulfonamides is 2. The first kappa shape index (κ1) is 27.7. The third-order valence-electron chi connectivity index (χ3n) is 6.31. The second kappa shape index (κ2) is 10.6. The molecule has 14 heteroatoms. The topological polar surface area (TPSA) is 158 Å². The van der Waals surface area contributed by atoms with Crippen LogP contribution in [-0.4, -0.2) is 46.4 Å². The van der Waals surface area contributed by atoms with Crippen molar-refractivity contribution < 1.29 is 31.2 Å². The van der Waals surface area contributed by atoms with Crippen LogP contribution in [0.25, 0.3) is 10.2 Å². The van der Waals surface area contributed by atoms with Gasteiger partial charge >= 0.3 is 5.97 Å². The Morgan fingerprint density at radius 1 is 1.00 bits per heavy atom. The maximum Gasteiger partial charge on any atom is 0.326 e. The van der Waals surface area contributed by atoms with E-state index < -0.39 is 31.9 Å². The van der Waals surface area contributed by atoms with Gasteiger partial charge in [0, 0.05) is 12.1 Å². The van der Waals surface area contributed by atoms with E-state index in [1.807, 2.05) is 12.1 Å². The largest absolute Gasteiger partial charge is 0.465 e. The lowest BCUT2D eigenvalue weighted by atomic mass is 10.2. The Bertz CT molecular complexity index is 1930. The number of nitrogens with two attached hydrogens (primary N) is 1. The first-order chi connectivity index (χ1) is 19.0. The molecule has 0 unspecified atom stereocenters. The van der Waals surface area contributed by atoms with Gasteiger partial charge in [0.1, 0.15) is 6.54 Å². The number of ether oxygens (including phenoxy) is 1. The van der Waals surface area contributed by atoms with Crippen LogP contribution in [0.1, 0.15) is 22.8 Å². The highest BCUT2D eigenvalue weighted by Gasteiger charge is 2.30. The van der Waals surface area contributed by atoms with Crippen LogP contribution in [0.5, 0.6) is 0 Å². The van der Waals surface area contributed by atoms with E-state index in [1.54, 1.807) is 19.1 Å². The molecule has 0 bridgehead atoms. The molecule has 40 heavy (non-hydrogen) atoms. The standard InChI is InChI=1S/C26H24N4O7S3/c1-2-37-24(31)16-29-22-12-11-20(39(27,33)34)15-23(22)38-26(29)28-25(32)18-7-9-19(10-8-18)40(35,36)30-14-13-17-5-3-4-6-21(17)30/h3-12,15H,2,13-14,16H2,1H3,(H2,27,33,34). The van der Waals surface area contributed by atoms with Crippen molar-refractivity contribution in [2.75, 3.05) is 17.5 Å². The van der Waals surface area contributed by atoms with Crippen LogP contribution in [0.3, 0.4) is 0 Å². The average molecular weight is 601 g/mol. The lowest BCUT2D eigenvalue weighted by Crippen LogP contribution is -2.29. The van der Waals surface area contributed by atoms with Gasteiger partial charge in [0.05, 0.1) is 32.3 Å². The summed E-state index contributed by atoms with van der Waals surface area (Å²) in [5.41, 5.74) is 2.18. The van der Waals surface area contributed by atoms with Gasteiger partial charge in [0.15, 0.2) is 4.80 Å². The number of hydrogen-bond acceptors (Lipinski definition) is 8. The highest BCUT2D eigenvalue weighted by molar-refractivity contribution is 7.92. The Labute approximate surface area is 234 Å². The second-order valence-electron chi connectivity index (χ2n) is 8.85. The van der Waals surface area contributed by atoms with Gasteiger partial charge in [-0.3, -0.25) is 13.9 Å². The van der Waals surface area contributed by atoms with Crippen molar-refractivity contribution in [1.29, 1.82) is 0 Å². The third-order valence-corrected chi connectivity index (χ3v) is 10.1. The van der Waals surface area contributed by atoms with E-state index in [0.717, 1.165) is 16.9 Å². The summed E-state index contributed by atoms with van der Waals surface area (Å²) >= 11 is 1.00.